The van der Waals surface area contributed by atoms with Crippen LogP contribution in [0, 0.1) is 0 Å². The molecule has 0 saturated carbocycles. The molecule has 0 aliphatic heterocycles. The lowest BCUT2D eigenvalue weighted by atomic mass is 10.6. The van der Waals surface area contributed by atoms with Crippen LogP contribution < -0.4 is 5.48 Å². The summed E-state index contributed by atoms with van der Waals surface area (Å²) in [6.07, 6.45) is 2.90. The van der Waals surface area contributed by atoms with Crippen molar-refractivity contribution in [2.75, 3.05) is 13.2 Å². The number of aliphatic hydroxyl groups excluding tert-OH is 1. The van der Waals surface area contributed by atoms with Crippen molar-refractivity contribution in [3.63, 3.8) is 0 Å². The van der Waals surface area contributed by atoms with Gasteiger partial charge < -0.3 is 5.11 Å². The number of nitrogens with one attached hydrogen (secondary N) is 1. The number of hydrogen-bond donors (Lipinski definition) is 2. The van der Waals surface area contributed by atoms with Gasteiger partial charge in [-0.3, -0.25) is 10.3 Å². The highest BCUT2D eigenvalue weighted by Gasteiger charge is 1.81. The summed E-state index contributed by atoms with van der Waals surface area (Å²) in [7, 11) is 0. The summed E-state index contributed by atoms with van der Waals surface area (Å²) in [6.45, 7) is 3.63. The van der Waals surface area contributed by atoms with Gasteiger partial charge in [0.1, 0.15) is 0 Å². The summed E-state index contributed by atoms with van der Waals surface area (Å²) in [4.78, 5) is 4.65. The highest BCUT2D eigenvalue weighted by atomic mass is 35.5. The molecule has 0 bridgehead atoms. The van der Waals surface area contributed by atoms with E-state index in [0.29, 0.717) is 5.03 Å². The predicted octanol–water partition coefficient (Wildman–Crippen LogP) is 0.766. The highest BCUT2D eigenvalue weighted by molar-refractivity contribution is 6.31. The predicted molar refractivity (Wildman–Crippen MR) is 40.3 cm³/mol. The molecule has 0 radical (unpaired) electrons. The topological polar surface area (TPSA) is 41.5 Å². The molecule has 0 heterocycles. The van der Waals surface area contributed by atoms with Crippen LogP contribution in [0.1, 0.15) is 0 Å². The number of hydroxylamine groups is 1. The first-order valence-corrected chi connectivity index (χ1v) is 3.15. The van der Waals surface area contributed by atoms with E-state index >= 15 is 0 Å². The molecule has 0 spiro atoms. The molecule has 0 aromatic carbocycles. The highest BCUT2D eigenvalue weighted by Crippen LogP contribution is 1.97. The van der Waals surface area contributed by atoms with Gasteiger partial charge in [-0.25, -0.2) is 0 Å². The average molecular weight is 164 g/mol. The standard InChI is InChI=1S/C6H10ClNO2/c1-2-6(7)5-8-10-4-3-9/h2,5,8-9H,1,3-4H2/b6-5+. The Balaban J connectivity index is 3.24. The zero-order chi connectivity index (χ0) is 7.82. The van der Waals surface area contributed by atoms with Gasteiger partial charge in [0, 0.05) is 6.20 Å². The van der Waals surface area contributed by atoms with Crippen LogP contribution in [0.2, 0.25) is 0 Å². The smallest absolute Gasteiger partial charge is 0.0976 e. The first-order valence-electron chi connectivity index (χ1n) is 2.77. The third-order valence-electron chi connectivity index (χ3n) is 0.668. The minimum Gasteiger partial charge on any atom is -0.394 e. The molecule has 10 heavy (non-hydrogen) atoms. The molecule has 4 heteroatoms. The van der Waals surface area contributed by atoms with Gasteiger partial charge in [0.2, 0.25) is 0 Å². The van der Waals surface area contributed by atoms with Crippen LogP contribution in [0.4, 0.5) is 0 Å². The van der Waals surface area contributed by atoms with Gasteiger partial charge in [-0.1, -0.05) is 18.2 Å². The Morgan fingerprint density at radius 3 is 3.00 bits per heavy atom. The van der Waals surface area contributed by atoms with Gasteiger partial charge in [-0.05, 0) is 6.08 Å². The number of aliphatic hydroxyl groups is 1. The maximum atomic E-state index is 8.25. The van der Waals surface area contributed by atoms with Crippen LogP contribution in [-0.4, -0.2) is 18.3 Å². The van der Waals surface area contributed by atoms with E-state index in [9.17, 15) is 0 Å². The van der Waals surface area contributed by atoms with E-state index in [0.717, 1.165) is 0 Å². The molecule has 0 saturated heterocycles. The van der Waals surface area contributed by atoms with E-state index < -0.39 is 0 Å². The van der Waals surface area contributed by atoms with E-state index in [1.54, 1.807) is 0 Å². The fourth-order valence-corrected chi connectivity index (χ4v) is 0.306. The second kappa shape index (κ2) is 6.61. The van der Waals surface area contributed by atoms with Crippen LogP contribution in [0.15, 0.2) is 23.9 Å². The molecule has 0 aromatic heterocycles. The summed E-state index contributed by atoms with van der Waals surface area (Å²) in [5.41, 5.74) is 2.41. The Hall–Kier alpha value is -0.510. The molecule has 2 N–H and O–H groups in total. The van der Waals surface area contributed by atoms with Crippen molar-refractivity contribution >= 4 is 11.6 Å². The number of halogens is 1. The molecular weight excluding hydrogens is 154 g/mol. The van der Waals surface area contributed by atoms with Gasteiger partial charge in [-0.2, -0.15) is 0 Å². The minimum atomic E-state index is -0.0213. The Bertz CT molecular complexity index is 125. The average Bonchev–Trinajstić information content (AvgIpc) is 1.98. The molecule has 0 rings (SSSR count). The molecule has 58 valence electrons. The van der Waals surface area contributed by atoms with Crippen molar-refractivity contribution in [2.45, 2.75) is 0 Å². The summed E-state index contributed by atoms with van der Waals surface area (Å²) < 4.78 is 0. The number of hydrogen-bond acceptors (Lipinski definition) is 3. The van der Waals surface area contributed by atoms with Crippen molar-refractivity contribution in [2.24, 2.45) is 0 Å². The zero-order valence-corrected chi connectivity index (χ0v) is 6.27. The lowest BCUT2D eigenvalue weighted by Crippen LogP contribution is -2.10. The molecule has 0 aliphatic carbocycles. The van der Waals surface area contributed by atoms with Gasteiger partial charge >= 0.3 is 0 Å². The molecule has 0 amide bonds. The Labute approximate surface area is 64.9 Å². The maximum Gasteiger partial charge on any atom is 0.0976 e. The summed E-state index contributed by atoms with van der Waals surface area (Å²) >= 11 is 5.48. The zero-order valence-electron chi connectivity index (χ0n) is 5.51. The van der Waals surface area contributed by atoms with Gasteiger partial charge in [0.15, 0.2) is 0 Å². The second-order valence-electron chi connectivity index (χ2n) is 1.42. The molecule has 0 fully saturated rings. The van der Waals surface area contributed by atoms with Gasteiger partial charge in [-0.15, -0.1) is 0 Å². The third kappa shape index (κ3) is 5.62. The first kappa shape index (κ1) is 9.49. The minimum absolute atomic E-state index is 0.0213. The van der Waals surface area contributed by atoms with Crippen molar-refractivity contribution in [1.29, 1.82) is 0 Å². The largest absolute Gasteiger partial charge is 0.394 e. The first-order chi connectivity index (χ1) is 4.81. The fourth-order valence-electron chi connectivity index (χ4n) is 0.261. The van der Waals surface area contributed by atoms with Crippen LogP contribution in [0.3, 0.4) is 0 Å². The Kier molecular flexibility index (Phi) is 6.27. The number of allylic oxidation sites excluding steroid dienone is 2. The van der Waals surface area contributed by atoms with Gasteiger partial charge in [0.05, 0.1) is 18.2 Å². The molecular formula is C6H10ClNO2. The molecule has 0 unspecified atom stereocenters. The third-order valence-corrected chi connectivity index (χ3v) is 0.932. The summed E-state index contributed by atoms with van der Waals surface area (Å²) in [5, 5.41) is 8.71. The second-order valence-corrected chi connectivity index (χ2v) is 1.86. The normalized spacial score (nSPS) is 11.2. The quantitative estimate of drug-likeness (QED) is 0.357. The van der Waals surface area contributed by atoms with Crippen LogP contribution in [-0.2, 0) is 4.84 Å². The van der Waals surface area contributed by atoms with Crippen molar-refractivity contribution < 1.29 is 9.94 Å². The Morgan fingerprint density at radius 2 is 2.50 bits per heavy atom. The SMILES string of the molecule is C=C/C(Cl)=C\NOCCO. The van der Waals surface area contributed by atoms with E-state index in [1.807, 2.05) is 0 Å². The maximum absolute atomic E-state index is 8.25. The van der Waals surface area contributed by atoms with Crippen LogP contribution in [0.5, 0.6) is 0 Å². The van der Waals surface area contributed by atoms with Gasteiger partial charge in [0.25, 0.3) is 0 Å². The van der Waals surface area contributed by atoms with E-state index in [4.69, 9.17) is 16.7 Å². The molecule has 3 nitrogen and oxygen atoms in total. The Morgan fingerprint density at radius 1 is 1.80 bits per heavy atom. The summed E-state index contributed by atoms with van der Waals surface area (Å²) in [5.74, 6) is 0. The number of rotatable bonds is 5. The summed E-state index contributed by atoms with van der Waals surface area (Å²) in [6, 6.07) is 0. The lowest BCUT2D eigenvalue weighted by molar-refractivity contribution is 0.0421. The van der Waals surface area contributed by atoms with Crippen LogP contribution >= 0.6 is 11.6 Å². The monoisotopic (exact) mass is 163 g/mol. The van der Waals surface area contributed by atoms with E-state index in [-0.39, 0.29) is 13.2 Å². The van der Waals surface area contributed by atoms with E-state index in [2.05, 4.69) is 16.9 Å². The molecule has 0 aromatic rings. The van der Waals surface area contributed by atoms with E-state index in [1.165, 1.54) is 12.3 Å². The van der Waals surface area contributed by atoms with Crippen molar-refractivity contribution in [3.8, 4) is 0 Å². The molecule has 0 aliphatic rings. The van der Waals surface area contributed by atoms with Crippen LogP contribution in [0.25, 0.3) is 0 Å². The lowest BCUT2D eigenvalue weighted by Gasteiger charge is -1.98. The van der Waals surface area contributed by atoms with Crippen molar-refractivity contribution in [3.05, 3.63) is 23.9 Å². The fraction of sp³-hybridized carbons (Fsp3) is 0.333. The van der Waals surface area contributed by atoms with Crippen molar-refractivity contribution in [1.82, 2.24) is 5.48 Å². The molecule has 0 atom stereocenters.